The molecule has 6 nitrogen and oxygen atoms in total. The molecular weight excluding hydrogens is 206 g/mol. The van der Waals surface area contributed by atoms with Gasteiger partial charge in [0.05, 0.1) is 11.9 Å². The minimum absolute atomic E-state index is 0.108. The number of fused-ring (bicyclic) bond motifs is 1. The van der Waals surface area contributed by atoms with Gasteiger partial charge in [-0.1, -0.05) is 0 Å². The van der Waals surface area contributed by atoms with E-state index < -0.39 is 0 Å². The van der Waals surface area contributed by atoms with Gasteiger partial charge < -0.3 is 11.1 Å². The predicted octanol–water partition coefficient (Wildman–Crippen LogP) is 0.793. The smallest absolute Gasteiger partial charge is 0.323 e. The van der Waals surface area contributed by atoms with Crippen molar-refractivity contribution in [1.29, 1.82) is 0 Å². The van der Waals surface area contributed by atoms with E-state index in [0.29, 0.717) is 18.1 Å². The molecule has 0 saturated carbocycles. The van der Waals surface area contributed by atoms with Crippen molar-refractivity contribution < 1.29 is 4.79 Å². The molecule has 0 saturated heterocycles. The molecule has 16 heavy (non-hydrogen) atoms. The molecule has 2 amide bonds. The SMILES string of the molecule is CC(C)NC(=O)N1CCCn2ncc(N)c21. The fraction of sp³-hybridized carbons (Fsp3) is 0.600. The number of amides is 2. The zero-order valence-corrected chi connectivity index (χ0v) is 9.60. The van der Waals surface area contributed by atoms with E-state index in [1.807, 2.05) is 13.8 Å². The molecule has 0 fully saturated rings. The average Bonchev–Trinajstić information content (AvgIpc) is 2.59. The van der Waals surface area contributed by atoms with Gasteiger partial charge in [-0.3, -0.25) is 4.90 Å². The minimum atomic E-state index is -0.108. The van der Waals surface area contributed by atoms with Crippen LogP contribution in [0.3, 0.4) is 0 Å². The molecule has 6 heteroatoms. The van der Waals surface area contributed by atoms with Crippen LogP contribution >= 0.6 is 0 Å². The Bertz CT molecular complexity index is 398. The first-order chi connectivity index (χ1) is 7.59. The van der Waals surface area contributed by atoms with Crippen LogP contribution in [0.5, 0.6) is 0 Å². The number of rotatable bonds is 1. The van der Waals surface area contributed by atoms with Gasteiger partial charge in [0.15, 0.2) is 5.82 Å². The molecular formula is C10H17N5O. The van der Waals surface area contributed by atoms with Gasteiger partial charge in [-0.2, -0.15) is 5.10 Å². The molecule has 0 radical (unpaired) electrons. The Morgan fingerprint density at radius 3 is 3.00 bits per heavy atom. The van der Waals surface area contributed by atoms with Gasteiger partial charge in [0, 0.05) is 19.1 Å². The number of aromatic nitrogens is 2. The highest BCUT2D eigenvalue weighted by Crippen LogP contribution is 2.26. The second kappa shape index (κ2) is 4.03. The summed E-state index contributed by atoms with van der Waals surface area (Å²) >= 11 is 0. The molecule has 2 heterocycles. The molecule has 0 spiro atoms. The molecule has 1 aliphatic heterocycles. The third-order valence-electron chi connectivity index (χ3n) is 2.50. The Hall–Kier alpha value is -1.72. The monoisotopic (exact) mass is 223 g/mol. The Morgan fingerprint density at radius 1 is 1.56 bits per heavy atom. The van der Waals surface area contributed by atoms with E-state index in [0.717, 1.165) is 13.0 Å². The highest BCUT2D eigenvalue weighted by molar-refractivity contribution is 5.94. The van der Waals surface area contributed by atoms with Gasteiger partial charge in [0.1, 0.15) is 0 Å². The maximum absolute atomic E-state index is 11.9. The minimum Gasteiger partial charge on any atom is -0.394 e. The van der Waals surface area contributed by atoms with Crippen molar-refractivity contribution in [3.63, 3.8) is 0 Å². The van der Waals surface area contributed by atoms with Crippen LogP contribution in [0.2, 0.25) is 0 Å². The second-order valence-electron chi connectivity index (χ2n) is 4.26. The normalized spacial score (nSPS) is 15.1. The average molecular weight is 223 g/mol. The van der Waals surface area contributed by atoms with Crippen LogP contribution in [-0.4, -0.2) is 28.4 Å². The summed E-state index contributed by atoms with van der Waals surface area (Å²) in [6.07, 6.45) is 2.50. The summed E-state index contributed by atoms with van der Waals surface area (Å²) in [5, 5.41) is 7.00. The number of hydrogen-bond acceptors (Lipinski definition) is 3. The summed E-state index contributed by atoms with van der Waals surface area (Å²) < 4.78 is 1.78. The first-order valence-corrected chi connectivity index (χ1v) is 5.49. The molecule has 1 aliphatic rings. The van der Waals surface area contributed by atoms with Crippen molar-refractivity contribution in [2.24, 2.45) is 0 Å². The lowest BCUT2D eigenvalue weighted by Crippen LogP contribution is -2.46. The third kappa shape index (κ3) is 1.82. The number of anilines is 2. The number of nitrogens with two attached hydrogens (primary N) is 1. The maximum atomic E-state index is 11.9. The van der Waals surface area contributed by atoms with Gasteiger partial charge in [0.2, 0.25) is 0 Å². The topological polar surface area (TPSA) is 76.2 Å². The first kappa shape index (κ1) is 10.8. The number of hydrogen-bond donors (Lipinski definition) is 2. The number of nitrogens with zero attached hydrogens (tertiary/aromatic N) is 3. The lowest BCUT2D eigenvalue weighted by atomic mass is 10.3. The number of carbonyl (C=O) groups excluding carboxylic acids is 1. The molecule has 0 atom stereocenters. The predicted molar refractivity (Wildman–Crippen MR) is 62.3 cm³/mol. The molecule has 3 N–H and O–H groups in total. The fourth-order valence-corrected chi connectivity index (χ4v) is 1.86. The Morgan fingerprint density at radius 2 is 2.31 bits per heavy atom. The van der Waals surface area contributed by atoms with E-state index in [1.54, 1.807) is 15.8 Å². The van der Waals surface area contributed by atoms with E-state index in [2.05, 4.69) is 10.4 Å². The van der Waals surface area contributed by atoms with Gasteiger partial charge in [0.25, 0.3) is 0 Å². The summed E-state index contributed by atoms with van der Waals surface area (Å²) in [5.41, 5.74) is 6.37. The number of nitrogen functional groups attached to an aromatic ring is 1. The highest BCUT2D eigenvalue weighted by Gasteiger charge is 2.25. The van der Waals surface area contributed by atoms with E-state index >= 15 is 0 Å². The van der Waals surface area contributed by atoms with Crippen molar-refractivity contribution in [1.82, 2.24) is 15.1 Å². The van der Waals surface area contributed by atoms with Gasteiger partial charge in [-0.15, -0.1) is 0 Å². The van der Waals surface area contributed by atoms with Crippen LogP contribution in [0.4, 0.5) is 16.3 Å². The summed E-state index contributed by atoms with van der Waals surface area (Å²) in [7, 11) is 0. The molecule has 2 rings (SSSR count). The van der Waals surface area contributed by atoms with Crippen molar-refractivity contribution >= 4 is 17.5 Å². The summed E-state index contributed by atoms with van der Waals surface area (Å²) in [6, 6.07) is 0.00942. The van der Waals surface area contributed by atoms with Gasteiger partial charge in [-0.05, 0) is 20.3 Å². The standard InChI is InChI=1S/C10H17N5O/c1-7(2)13-10(16)14-4-3-5-15-9(14)8(11)6-12-15/h6-7H,3-5,11H2,1-2H3,(H,13,16). The quantitative estimate of drug-likeness (QED) is 0.739. The number of carbonyl (C=O) groups is 1. The number of aryl methyl sites for hydroxylation is 1. The summed E-state index contributed by atoms with van der Waals surface area (Å²) in [5.74, 6) is 0.712. The van der Waals surface area contributed by atoms with Crippen LogP contribution in [0.25, 0.3) is 0 Å². The molecule has 0 bridgehead atoms. The van der Waals surface area contributed by atoms with Crippen molar-refractivity contribution in [2.45, 2.75) is 32.9 Å². The Labute approximate surface area is 94.4 Å². The largest absolute Gasteiger partial charge is 0.394 e. The van der Waals surface area contributed by atoms with E-state index in [-0.39, 0.29) is 12.1 Å². The Balaban J connectivity index is 2.24. The lowest BCUT2D eigenvalue weighted by molar-refractivity contribution is 0.242. The van der Waals surface area contributed by atoms with Crippen LogP contribution in [-0.2, 0) is 6.54 Å². The van der Waals surface area contributed by atoms with E-state index in [1.165, 1.54) is 0 Å². The highest BCUT2D eigenvalue weighted by atomic mass is 16.2. The molecule has 0 aromatic carbocycles. The van der Waals surface area contributed by atoms with Crippen LogP contribution in [0, 0.1) is 0 Å². The molecule has 1 aromatic rings. The van der Waals surface area contributed by atoms with Gasteiger partial charge >= 0.3 is 6.03 Å². The van der Waals surface area contributed by atoms with Crippen LogP contribution < -0.4 is 16.0 Å². The second-order valence-corrected chi connectivity index (χ2v) is 4.26. The lowest BCUT2D eigenvalue weighted by Gasteiger charge is -2.29. The summed E-state index contributed by atoms with van der Waals surface area (Å²) in [4.78, 5) is 13.6. The van der Waals surface area contributed by atoms with Crippen LogP contribution in [0.15, 0.2) is 6.20 Å². The van der Waals surface area contributed by atoms with Crippen molar-refractivity contribution in [2.75, 3.05) is 17.2 Å². The zero-order chi connectivity index (χ0) is 11.7. The van der Waals surface area contributed by atoms with Crippen molar-refractivity contribution in [3.8, 4) is 0 Å². The first-order valence-electron chi connectivity index (χ1n) is 5.49. The molecule has 1 aromatic heterocycles. The fourth-order valence-electron chi connectivity index (χ4n) is 1.86. The van der Waals surface area contributed by atoms with E-state index in [4.69, 9.17) is 5.73 Å². The summed E-state index contributed by atoms with van der Waals surface area (Å²) in [6.45, 7) is 5.37. The number of nitrogens with one attached hydrogen (secondary N) is 1. The van der Waals surface area contributed by atoms with Crippen LogP contribution in [0.1, 0.15) is 20.3 Å². The third-order valence-corrected chi connectivity index (χ3v) is 2.50. The molecule has 0 unspecified atom stereocenters. The molecule has 0 aliphatic carbocycles. The number of urea groups is 1. The maximum Gasteiger partial charge on any atom is 0.323 e. The Kier molecular flexibility index (Phi) is 2.72. The zero-order valence-electron chi connectivity index (χ0n) is 9.60. The van der Waals surface area contributed by atoms with Crippen molar-refractivity contribution in [3.05, 3.63) is 6.20 Å². The van der Waals surface area contributed by atoms with Gasteiger partial charge in [-0.25, -0.2) is 9.48 Å². The van der Waals surface area contributed by atoms with E-state index in [9.17, 15) is 4.79 Å². The molecule has 88 valence electrons.